The van der Waals surface area contributed by atoms with Crippen LogP contribution >= 0.6 is 22.7 Å². The molecule has 0 unspecified atom stereocenters. The average molecular weight is 432 g/mol. The SMILES string of the molecule is O=C(Nc1nc2ccccc2n1CCc1ccccn1)c1csc(-c2cccs2)n1. The Morgan fingerprint density at radius 1 is 1.00 bits per heavy atom. The standard InChI is InChI=1S/C22H17N5OS2/c28-20(17-14-30-21(24-17)19-9-5-13-29-19)26-22-25-16-7-1-2-8-18(16)27(22)12-10-15-6-3-4-11-23-15/h1-9,11,13-14H,10,12H2,(H,25,26,28). The summed E-state index contributed by atoms with van der Waals surface area (Å²) in [4.78, 5) is 27.5. The second-order valence-electron chi connectivity index (χ2n) is 6.62. The van der Waals surface area contributed by atoms with Gasteiger partial charge < -0.3 is 4.57 Å². The zero-order chi connectivity index (χ0) is 20.3. The molecule has 4 aromatic heterocycles. The van der Waals surface area contributed by atoms with E-state index in [0.717, 1.165) is 33.0 Å². The molecule has 0 saturated carbocycles. The molecule has 1 aromatic carbocycles. The van der Waals surface area contributed by atoms with Crippen molar-refractivity contribution in [2.24, 2.45) is 0 Å². The first-order chi connectivity index (χ1) is 14.8. The summed E-state index contributed by atoms with van der Waals surface area (Å²) in [6.45, 7) is 0.657. The Balaban J connectivity index is 1.41. The number of carbonyl (C=O) groups is 1. The van der Waals surface area contributed by atoms with Crippen LogP contribution in [-0.4, -0.2) is 25.4 Å². The molecule has 0 aliphatic rings. The second kappa shape index (κ2) is 8.17. The summed E-state index contributed by atoms with van der Waals surface area (Å²) < 4.78 is 2.02. The topological polar surface area (TPSA) is 72.7 Å². The van der Waals surface area contributed by atoms with Crippen molar-refractivity contribution in [1.29, 1.82) is 0 Å². The first-order valence-corrected chi connectivity index (χ1v) is 11.2. The molecule has 8 heteroatoms. The van der Waals surface area contributed by atoms with Crippen LogP contribution in [0.25, 0.3) is 20.9 Å². The van der Waals surface area contributed by atoms with Crippen LogP contribution in [0.2, 0.25) is 0 Å². The molecule has 1 N–H and O–H groups in total. The molecule has 0 bridgehead atoms. The number of nitrogens with one attached hydrogen (secondary N) is 1. The van der Waals surface area contributed by atoms with Gasteiger partial charge in [0.1, 0.15) is 10.7 Å². The predicted molar refractivity (Wildman–Crippen MR) is 121 cm³/mol. The van der Waals surface area contributed by atoms with E-state index in [9.17, 15) is 4.79 Å². The third-order valence-electron chi connectivity index (χ3n) is 4.67. The van der Waals surface area contributed by atoms with E-state index in [1.807, 2.05) is 64.5 Å². The van der Waals surface area contributed by atoms with Crippen LogP contribution in [0.15, 0.2) is 71.6 Å². The van der Waals surface area contributed by atoms with Gasteiger partial charge in [-0.2, -0.15) is 0 Å². The third kappa shape index (κ3) is 3.74. The molecular weight excluding hydrogens is 414 g/mol. The van der Waals surface area contributed by atoms with Crippen molar-refractivity contribution in [1.82, 2.24) is 19.5 Å². The zero-order valence-corrected chi connectivity index (χ0v) is 17.5. The van der Waals surface area contributed by atoms with Gasteiger partial charge in [-0.05, 0) is 35.7 Å². The van der Waals surface area contributed by atoms with E-state index in [0.29, 0.717) is 18.2 Å². The smallest absolute Gasteiger partial charge is 0.277 e. The lowest BCUT2D eigenvalue weighted by Crippen LogP contribution is -2.17. The molecule has 0 saturated heterocycles. The maximum absolute atomic E-state index is 12.9. The van der Waals surface area contributed by atoms with Crippen molar-refractivity contribution in [3.05, 3.63) is 82.9 Å². The first kappa shape index (κ1) is 18.7. The lowest BCUT2D eigenvalue weighted by molar-refractivity contribution is 0.102. The highest BCUT2D eigenvalue weighted by molar-refractivity contribution is 7.20. The number of thiazole rings is 1. The van der Waals surface area contributed by atoms with E-state index >= 15 is 0 Å². The van der Waals surface area contributed by atoms with Crippen LogP contribution in [0.4, 0.5) is 5.95 Å². The Hall–Kier alpha value is -3.36. The van der Waals surface area contributed by atoms with Crippen LogP contribution in [0, 0.1) is 0 Å². The summed E-state index contributed by atoms with van der Waals surface area (Å²) in [7, 11) is 0. The lowest BCUT2D eigenvalue weighted by Gasteiger charge is -2.09. The van der Waals surface area contributed by atoms with Crippen LogP contribution in [0.3, 0.4) is 0 Å². The highest BCUT2D eigenvalue weighted by atomic mass is 32.1. The number of anilines is 1. The van der Waals surface area contributed by atoms with Gasteiger partial charge >= 0.3 is 0 Å². The number of aryl methyl sites for hydroxylation is 2. The highest BCUT2D eigenvalue weighted by Gasteiger charge is 2.17. The minimum absolute atomic E-state index is 0.261. The molecule has 30 heavy (non-hydrogen) atoms. The summed E-state index contributed by atoms with van der Waals surface area (Å²) in [5.74, 6) is 0.256. The Kier molecular flexibility index (Phi) is 5.08. The summed E-state index contributed by atoms with van der Waals surface area (Å²) in [5, 5.41) is 7.58. The molecule has 0 radical (unpaired) electrons. The molecule has 0 aliphatic heterocycles. The number of hydrogen-bond acceptors (Lipinski definition) is 6. The number of imidazole rings is 1. The molecule has 1 amide bonds. The van der Waals surface area contributed by atoms with E-state index in [2.05, 4.69) is 20.3 Å². The number of amides is 1. The van der Waals surface area contributed by atoms with Crippen LogP contribution < -0.4 is 5.32 Å². The number of pyridine rings is 1. The van der Waals surface area contributed by atoms with E-state index in [1.165, 1.54) is 11.3 Å². The first-order valence-electron chi connectivity index (χ1n) is 9.44. The van der Waals surface area contributed by atoms with Gasteiger partial charge in [0.05, 0.1) is 15.9 Å². The summed E-state index contributed by atoms with van der Waals surface area (Å²) >= 11 is 3.07. The number of hydrogen-bond donors (Lipinski definition) is 1. The van der Waals surface area contributed by atoms with Gasteiger partial charge in [0, 0.05) is 30.2 Å². The normalized spacial score (nSPS) is 11.1. The van der Waals surface area contributed by atoms with Gasteiger partial charge in [-0.1, -0.05) is 24.3 Å². The van der Waals surface area contributed by atoms with Gasteiger partial charge in [0.15, 0.2) is 0 Å². The van der Waals surface area contributed by atoms with Gasteiger partial charge in [-0.15, -0.1) is 22.7 Å². The molecule has 5 aromatic rings. The fourth-order valence-electron chi connectivity index (χ4n) is 3.23. The van der Waals surface area contributed by atoms with E-state index in [-0.39, 0.29) is 5.91 Å². The third-order valence-corrected chi connectivity index (χ3v) is 6.55. The number of aromatic nitrogens is 4. The van der Waals surface area contributed by atoms with E-state index < -0.39 is 0 Å². The van der Waals surface area contributed by atoms with E-state index in [1.54, 1.807) is 22.9 Å². The molecule has 0 fully saturated rings. The summed E-state index contributed by atoms with van der Waals surface area (Å²) in [5.41, 5.74) is 3.20. The van der Waals surface area contributed by atoms with E-state index in [4.69, 9.17) is 0 Å². The lowest BCUT2D eigenvalue weighted by atomic mass is 10.2. The Bertz CT molecular complexity index is 1290. The fourth-order valence-corrected chi connectivity index (χ4v) is 4.84. The summed E-state index contributed by atoms with van der Waals surface area (Å²) in [6.07, 6.45) is 2.53. The van der Waals surface area contributed by atoms with Gasteiger partial charge in [-0.3, -0.25) is 15.1 Å². The van der Waals surface area contributed by atoms with Crippen molar-refractivity contribution in [3.63, 3.8) is 0 Å². The van der Waals surface area contributed by atoms with Crippen LogP contribution in [0.1, 0.15) is 16.2 Å². The van der Waals surface area contributed by atoms with Crippen molar-refractivity contribution in [3.8, 4) is 9.88 Å². The summed E-state index contributed by atoms with van der Waals surface area (Å²) in [6, 6.07) is 17.7. The largest absolute Gasteiger partial charge is 0.310 e. The Morgan fingerprint density at radius 3 is 2.73 bits per heavy atom. The fraction of sp³-hybridized carbons (Fsp3) is 0.0909. The molecule has 0 aliphatic carbocycles. The quantitative estimate of drug-likeness (QED) is 0.405. The number of carbonyl (C=O) groups excluding carboxylic acids is 1. The molecule has 0 atom stereocenters. The number of rotatable bonds is 6. The Labute approximate surface area is 180 Å². The van der Waals surface area contributed by atoms with Gasteiger partial charge in [0.25, 0.3) is 5.91 Å². The van der Waals surface area contributed by atoms with Crippen LogP contribution in [-0.2, 0) is 13.0 Å². The van der Waals surface area contributed by atoms with Crippen molar-refractivity contribution >= 4 is 45.6 Å². The number of benzene rings is 1. The maximum atomic E-state index is 12.9. The Morgan fingerprint density at radius 2 is 1.90 bits per heavy atom. The van der Waals surface area contributed by atoms with Crippen molar-refractivity contribution < 1.29 is 4.79 Å². The molecule has 148 valence electrons. The maximum Gasteiger partial charge on any atom is 0.277 e. The van der Waals surface area contributed by atoms with Crippen molar-refractivity contribution in [2.75, 3.05) is 5.32 Å². The van der Waals surface area contributed by atoms with Gasteiger partial charge in [-0.25, -0.2) is 9.97 Å². The molecule has 6 nitrogen and oxygen atoms in total. The number of para-hydroxylation sites is 2. The molecule has 4 heterocycles. The minimum atomic E-state index is -0.261. The minimum Gasteiger partial charge on any atom is -0.310 e. The zero-order valence-electron chi connectivity index (χ0n) is 15.9. The van der Waals surface area contributed by atoms with Gasteiger partial charge in [0.2, 0.25) is 5.95 Å². The molecule has 0 spiro atoms. The number of nitrogens with zero attached hydrogens (tertiary/aromatic N) is 4. The number of fused-ring (bicyclic) bond motifs is 1. The molecule has 5 rings (SSSR count). The predicted octanol–water partition coefficient (Wildman–Crippen LogP) is 5.11. The van der Waals surface area contributed by atoms with Crippen LogP contribution in [0.5, 0.6) is 0 Å². The monoisotopic (exact) mass is 431 g/mol. The van der Waals surface area contributed by atoms with Crippen molar-refractivity contribution in [2.45, 2.75) is 13.0 Å². The highest BCUT2D eigenvalue weighted by Crippen LogP contribution is 2.28. The second-order valence-corrected chi connectivity index (χ2v) is 8.42. The molecular formula is C22H17N5OS2. The number of thiophene rings is 1. The average Bonchev–Trinajstić information content (AvgIpc) is 3.52.